The zero-order valence-electron chi connectivity index (χ0n) is 9.50. The molecule has 0 bridgehead atoms. The molecule has 0 atom stereocenters. The van der Waals surface area contributed by atoms with E-state index < -0.39 is 11.6 Å². The highest BCUT2D eigenvalue weighted by molar-refractivity contribution is 5.79. The number of rotatable bonds is 2. The first-order chi connectivity index (χ1) is 8.00. The third-order valence-corrected chi connectivity index (χ3v) is 3.47. The molecule has 1 saturated carbocycles. The summed E-state index contributed by atoms with van der Waals surface area (Å²) in [6, 6.07) is 2.53. The lowest BCUT2D eigenvalue weighted by atomic mass is 10.1. The average Bonchev–Trinajstić information content (AvgIpc) is 2.91. The minimum Gasteiger partial charge on any atom is -0.369 e. The third-order valence-electron chi connectivity index (χ3n) is 3.47. The fourth-order valence-corrected chi connectivity index (χ4v) is 2.09. The van der Waals surface area contributed by atoms with Gasteiger partial charge in [0, 0.05) is 6.54 Å². The van der Waals surface area contributed by atoms with Gasteiger partial charge in [-0.25, -0.2) is 13.8 Å². The Morgan fingerprint density at radius 2 is 2.12 bits per heavy atom. The van der Waals surface area contributed by atoms with Crippen LogP contribution >= 0.6 is 0 Å². The van der Waals surface area contributed by atoms with Crippen LogP contribution in [0, 0.1) is 17.0 Å². The summed E-state index contributed by atoms with van der Waals surface area (Å²) >= 11 is 0. The summed E-state index contributed by atoms with van der Waals surface area (Å²) in [6.07, 6.45) is 2.17. The maximum Gasteiger partial charge on any atom is 0.201 e. The monoisotopic (exact) mass is 237 g/mol. The molecule has 0 aliphatic heterocycles. The number of nitrogens with zero attached hydrogens (tertiary/aromatic N) is 2. The summed E-state index contributed by atoms with van der Waals surface area (Å²) in [5.74, 6) is -1.48. The molecule has 1 aromatic heterocycles. The molecule has 3 nitrogen and oxygen atoms in total. The van der Waals surface area contributed by atoms with E-state index in [9.17, 15) is 8.78 Å². The van der Waals surface area contributed by atoms with Crippen LogP contribution in [-0.2, 0) is 6.54 Å². The van der Waals surface area contributed by atoms with Crippen molar-refractivity contribution in [3.05, 3.63) is 23.8 Å². The van der Waals surface area contributed by atoms with Gasteiger partial charge in [0.2, 0.25) is 5.95 Å². The van der Waals surface area contributed by atoms with E-state index in [0.29, 0.717) is 12.1 Å². The topological polar surface area (TPSA) is 43.8 Å². The van der Waals surface area contributed by atoms with Crippen molar-refractivity contribution >= 4 is 17.0 Å². The molecule has 2 aromatic rings. The minimum absolute atomic E-state index is 0.153. The molecule has 0 radical (unpaired) electrons. The lowest BCUT2D eigenvalue weighted by Crippen LogP contribution is -2.11. The Hall–Kier alpha value is -1.65. The average molecular weight is 237 g/mol. The van der Waals surface area contributed by atoms with Crippen molar-refractivity contribution < 1.29 is 8.78 Å². The van der Waals surface area contributed by atoms with Gasteiger partial charge in [-0.2, -0.15) is 0 Å². The molecule has 5 heteroatoms. The van der Waals surface area contributed by atoms with Crippen molar-refractivity contribution in [3.8, 4) is 0 Å². The standard InChI is InChI=1S/C12H13F2N3/c1-12(4-5-12)6-17-10-8(16-11(17)15)3-2-7(13)9(10)14/h2-3H,4-6H2,1H3,(H2,15,16). The van der Waals surface area contributed by atoms with Gasteiger partial charge in [-0.15, -0.1) is 0 Å². The predicted molar refractivity (Wildman–Crippen MR) is 61.4 cm³/mol. The normalized spacial score (nSPS) is 17.6. The fraction of sp³-hybridized carbons (Fsp3) is 0.417. The molecule has 0 amide bonds. The summed E-state index contributed by atoms with van der Waals surface area (Å²) in [6.45, 7) is 2.70. The SMILES string of the molecule is CC1(Cn2c(N)nc3ccc(F)c(F)c32)CC1. The van der Waals surface area contributed by atoms with Crippen LogP contribution in [0.1, 0.15) is 19.8 Å². The summed E-state index contributed by atoms with van der Waals surface area (Å²) in [7, 11) is 0. The van der Waals surface area contributed by atoms with Crippen LogP contribution in [0.5, 0.6) is 0 Å². The predicted octanol–water partition coefficient (Wildman–Crippen LogP) is 2.70. The molecule has 1 fully saturated rings. The van der Waals surface area contributed by atoms with Gasteiger partial charge in [-0.1, -0.05) is 6.92 Å². The largest absolute Gasteiger partial charge is 0.369 e. The van der Waals surface area contributed by atoms with Gasteiger partial charge in [0.25, 0.3) is 0 Å². The first-order valence-electron chi connectivity index (χ1n) is 5.60. The number of imidazole rings is 1. The number of nitrogen functional groups attached to an aromatic ring is 1. The van der Waals surface area contributed by atoms with Gasteiger partial charge in [0.1, 0.15) is 5.52 Å². The van der Waals surface area contributed by atoms with Gasteiger partial charge in [0.05, 0.1) is 5.52 Å². The van der Waals surface area contributed by atoms with Crippen LogP contribution in [0.15, 0.2) is 12.1 Å². The molecule has 0 spiro atoms. The molecule has 0 saturated heterocycles. The molecule has 0 unspecified atom stereocenters. The second kappa shape index (κ2) is 3.18. The van der Waals surface area contributed by atoms with E-state index >= 15 is 0 Å². The molecule has 1 aromatic carbocycles. The third kappa shape index (κ3) is 1.57. The van der Waals surface area contributed by atoms with Crippen molar-refractivity contribution in [1.29, 1.82) is 0 Å². The number of benzene rings is 1. The van der Waals surface area contributed by atoms with E-state index in [1.165, 1.54) is 6.07 Å². The number of halogens is 2. The van der Waals surface area contributed by atoms with Crippen LogP contribution in [0.25, 0.3) is 11.0 Å². The number of anilines is 1. The Labute approximate surface area is 97.2 Å². The lowest BCUT2D eigenvalue weighted by Gasteiger charge is -2.12. The van der Waals surface area contributed by atoms with Gasteiger partial charge in [-0.05, 0) is 30.4 Å². The Kier molecular flexibility index (Phi) is 1.97. The molecular weight excluding hydrogens is 224 g/mol. The fourth-order valence-electron chi connectivity index (χ4n) is 2.09. The highest BCUT2D eigenvalue weighted by atomic mass is 19.2. The molecule has 1 aliphatic carbocycles. The van der Waals surface area contributed by atoms with Crippen LogP contribution in [-0.4, -0.2) is 9.55 Å². The van der Waals surface area contributed by atoms with Gasteiger partial charge in [-0.3, -0.25) is 0 Å². The van der Waals surface area contributed by atoms with Crippen LogP contribution in [0.2, 0.25) is 0 Å². The minimum atomic E-state index is -0.865. The first-order valence-corrected chi connectivity index (χ1v) is 5.60. The molecular formula is C12H13F2N3. The molecule has 2 N–H and O–H groups in total. The second-order valence-corrected chi connectivity index (χ2v) is 5.10. The van der Waals surface area contributed by atoms with Gasteiger partial charge in [0.15, 0.2) is 11.6 Å². The van der Waals surface area contributed by atoms with E-state index in [2.05, 4.69) is 11.9 Å². The van der Waals surface area contributed by atoms with Crippen molar-refractivity contribution in [3.63, 3.8) is 0 Å². The van der Waals surface area contributed by atoms with Crippen LogP contribution < -0.4 is 5.73 Å². The molecule has 17 heavy (non-hydrogen) atoms. The number of hydrogen-bond acceptors (Lipinski definition) is 2. The zero-order chi connectivity index (χ0) is 12.2. The van der Waals surface area contributed by atoms with E-state index in [1.54, 1.807) is 4.57 Å². The Balaban J connectivity index is 2.21. The zero-order valence-corrected chi connectivity index (χ0v) is 9.50. The van der Waals surface area contributed by atoms with Crippen molar-refractivity contribution in [1.82, 2.24) is 9.55 Å². The van der Waals surface area contributed by atoms with E-state index in [4.69, 9.17) is 5.73 Å². The molecule has 90 valence electrons. The van der Waals surface area contributed by atoms with Gasteiger partial charge >= 0.3 is 0 Å². The van der Waals surface area contributed by atoms with Crippen molar-refractivity contribution in [2.45, 2.75) is 26.3 Å². The smallest absolute Gasteiger partial charge is 0.201 e. The van der Waals surface area contributed by atoms with Crippen LogP contribution in [0.3, 0.4) is 0 Å². The summed E-state index contributed by atoms with van der Waals surface area (Å²) < 4.78 is 28.6. The van der Waals surface area contributed by atoms with Crippen LogP contribution in [0.4, 0.5) is 14.7 Å². The Bertz CT molecular complexity index is 599. The maximum atomic E-state index is 13.8. The van der Waals surface area contributed by atoms with E-state index in [-0.39, 0.29) is 16.9 Å². The Morgan fingerprint density at radius 3 is 2.76 bits per heavy atom. The second-order valence-electron chi connectivity index (χ2n) is 5.10. The molecule has 3 rings (SSSR count). The summed E-state index contributed by atoms with van der Waals surface area (Å²) in [5.41, 5.74) is 6.51. The quantitative estimate of drug-likeness (QED) is 0.872. The highest BCUT2D eigenvalue weighted by Gasteiger charge is 2.38. The number of fused-ring (bicyclic) bond motifs is 1. The first kappa shape index (κ1) is 10.5. The molecule has 1 aliphatic rings. The maximum absolute atomic E-state index is 13.8. The van der Waals surface area contributed by atoms with Crippen molar-refractivity contribution in [2.24, 2.45) is 5.41 Å². The number of hydrogen-bond donors (Lipinski definition) is 1. The molecule has 1 heterocycles. The van der Waals surface area contributed by atoms with Crippen molar-refractivity contribution in [2.75, 3.05) is 5.73 Å². The number of nitrogens with two attached hydrogens (primary N) is 1. The summed E-state index contributed by atoms with van der Waals surface area (Å²) in [5, 5.41) is 0. The highest BCUT2D eigenvalue weighted by Crippen LogP contribution is 2.47. The van der Waals surface area contributed by atoms with E-state index in [1.807, 2.05) is 0 Å². The summed E-state index contributed by atoms with van der Waals surface area (Å²) in [4.78, 5) is 4.06. The number of aromatic nitrogens is 2. The lowest BCUT2D eigenvalue weighted by molar-refractivity contribution is 0.465. The van der Waals surface area contributed by atoms with E-state index in [0.717, 1.165) is 18.9 Å². The van der Waals surface area contributed by atoms with Gasteiger partial charge < -0.3 is 10.3 Å². The Morgan fingerprint density at radius 1 is 1.41 bits per heavy atom.